The van der Waals surface area contributed by atoms with E-state index >= 15 is 0 Å². The first-order chi connectivity index (χ1) is 16.9. The Morgan fingerprint density at radius 3 is 2.40 bits per heavy atom. The van der Waals surface area contributed by atoms with Crippen LogP contribution in [0.1, 0.15) is 38.5 Å². The predicted octanol–water partition coefficient (Wildman–Crippen LogP) is 5.70. The zero-order chi connectivity index (χ0) is 24.8. The molecule has 1 saturated heterocycles. The number of amides is 2. The minimum atomic E-state index is -0.322. The number of hydrogen-bond acceptors (Lipinski definition) is 4. The summed E-state index contributed by atoms with van der Waals surface area (Å²) < 4.78 is 19.2. The lowest BCUT2D eigenvalue weighted by Gasteiger charge is -2.29. The Balaban J connectivity index is 1.55. The molecule has 0 N–H and O–H groups in total. The summed E-state index contributed by atoms with van der Waals surface area (Å²) in [6, 6.07) is 16.8. The fourth-order valence-electron chi connectivity index (χ4n) is 4.09. The number of nitrogens with zero attached hydrogens (tertiary/aromatic N) is 2. The van der Waals surface area contributed by atoms with Crippen LogP contribution in [0, 0.1) is 12.7 Å². The van der Waals surface area contributed by atoms with E-state index in [1.807, 2.05) is 19.1 Å². The van der Waals surface area contributed by atoms with Gasteiger partial charge in [-0.15, -0.1) is 11.3 Å². The van der Waals surface area contributed by atoms with Gasteiger partial charge in [0.2, 0.25) is 5.91 Å². The van der Waals surface area contributed by atoms with Crippen molar-refractivity contribution in [2.45, 2.75) is 39.0 Å². The van der Waals surface area contributed by atoms with Crippen LogP contribution in [-0.2, 0) is 22.6 Å². The van der Waals surface area contributed by atoms with Crippen molar-refractivity contribution in [3.63, 3.8) is 0 Å². The molecule has 0 spiro atoms. The van der Waals surface area contributed by atoms with E-state index in [2.05, 4.69) is 0 Å². The molecule has 8 heteroatoms. The Morgan fingerprint density at radius 2 is 1.77 bits per heavy atom. The summed E-state index contributed by atoms with van der Waals surface area (Å²) in [5, 5.41) is 0.542. The van der Waals surface area contributed by atoms with E-state index in [9.17, 15) is 14.0 Å². The largest absolute Gasteiger partial charge is 0.376 e. The van der Waals surface area contributed by atoms with Crippen molar-refractivity contribution < 1.29 is 18.7 Å². The molecule has 4 rings (SSSR count). The van der Waals surface area contributed by atoms with Crippen LogP contribution in [0.5, 0.6) is 0 Å². The predicted molar refractivity (Wildman–Crippen MR) is 136 cm³/mol. The third-order valence-electron chi connectivity index (χ3n) is 5.93. The molecular formula is C27H28ClFN2O3S. The Labute approximate surface area is 214 Å². The summed E-state index contributed by atoms with van der Waals surface area (Å²) in [4.78, 5) is 32.5. The van der Waals surface area contributed by atoms with E-state index < -0.39 is 0 Å². The quantitative estimate of drug-likeness (QED) is 0.368. The van der Waals surface area contributed by atoms with E-state index in [1.165, 1.54) is 12.1 Å². The van der Waals surface area contributed by atoms with Crippen LogP contribution in [0.15, 0.2) is 60.7 Å². The van der Waals surface area contributed by atoms with Crippen LogP contribution in [0.4, 0.5) is 4.39 Å². The van der Waals surface area contributed by atoms with Gasteiger partial charge in [0.15, 0.2) is 0 Å². The number of carbonyl (C=O) groups is 2. The van der Waals surface area contributed by atoms with Crippen molar-refractivity contribution in [1.29, 1.82) is 0 Å². The van der Waals surface area contributed by atoms with Gasteiger partial charge < -0.3 is 14.5 Å². The van der Waals surface area contributed by atoms with E-state index in [4.69, 9.17) is 16.3 Å². The fraction of sp³-hybridized carbons (Fsp3) is 0.333. The molecule has 0 unspecified atom stereocenters. The SMILES string of the molecule is Cc1ccc(CN(Cc2ccc(F)cc2)C(=O)CN(C[C@@H]2CCCO2)C(=O)c2ccc(Cl)cc2)s1. The minimum Gasteiger partial charge on any atom is -0.376 e. The molecule has 1 fully saturated rings. The third kappa shape index (κ3) is 7.13. The molecule has 3 aromatic rings. The summed E-state index contributed by atoms with van der Waals surface area (Å²) in [5.74, 6) is -0.739. The average molecular weight is 515 g/mol. The molecule has 35 heavy (non-hydrogen) atoms. The first-order valence-electron chi connectivity index (χ1n) is 11.6. The first kappa shape index (κ1) is 25.4. The zero-order valence-electron chi connectivity index (χ0n) is 19.6. The van der Waals surface area contributed by atoms with Crippen molar-refractivity contribution in [3.05, 3.63) is 92.4 Å². The van der Waals surface area contributed by atoms with Crippen LogP contribution in [-0.4, -0.2) is 47.4 Å². The Bertz CT molecular complexity index is 1140. The van der Waals surface area contributed by atoms with Gasteiger partial charge in [-0.05, 0) is 73.9 Å². The number of carbonyl (C=O) groups excluding carboxylic acids is 2. The molecule has 0 saturated carbocycles. The molecule has 0 radical (unpaired) electrons. The number of benzene rings is 2. The summed E-state index contributed by atoms with van der Waals surface area (Å²) in [6.07, 6.45) is 1.70. The molecule has 1 atom stereocenters. The third-order valence-corrected chi connectivity index (χ3v) is 7.17. The molecular weight excluding hydrogens is 487 g/mol. The number of aryl methyl sites for hydroxylation is 1. The van der Waals surface area contributed by atoms with Gasteiger partial charge in [-0.3, -0.25) is 9.59 Å². The molecule has 2 amide bonds. The lowest BCUT2D eigenvalue weighted by Crippen LogP contribution is -2.45. The van der Waals surface area contributed by atoms with E-state index in [1.54, 1.807) is 57.5 Å². The fourth-order valence-corrected chi connectivity index (χ4v) is 5.12. The molecule has 2 aromatic carbocycles. The number of rotatable bonds is 9. The molecule has 1 aliphatic rings. The van der Waals surface area contributed by atoms with E-state index in [-0.39, 0.29) is 30.3 Å². The topological polar surface area (TPSA) is 49.9 Å². The summed E-state index contributed by atoms with van der Waals surface area (Å²) >= 11 is 7.63. The van der Waals surface area contributed by atoms with Crippen molar-refractivity contribution in [3.8, 4) is 0 Å². The Morgan fingerprint density at radius 1 is 1.03 bits per heavy atom. The highest BCUT2D eigenvalue weighted by molar-refractivity contribution is 7.11. The minimum absolute atomic E-state index is 0.0765. The van der Waals surface area contributed by atoms with E-state index in [0.29, 0.717) is 36.8 Å². The van der Waals surface area contributed by atoms with Crippen molar-refractivity contribution >= 4 is 34.8 Å². The number of ether oxygens (including phenoxy) is 1. The Kier molecular flexibility index (Phi) is 8.55. The molecule has 0 bridgehead atoms. The molecule has 1 aromatic heterocycles. The van der Waals surface area contributed by atoms with Crippen molar-refractivity contribution in [1.82, 2.24) is 9.80 Å². The second-order valence-corrected chi connectivity index (χ2v) is 10.5. The maximum Gasteiger partial charge on any atom is 0.254 e. The van der Waals surface area contributed by atoms with Gasteiger partial charge in [-0.2, -0.15) is 0 Å². The lowest BCUT2D eigenvalue weighted by atomic mass is 10.1. The van der Waals surface area contributed by atoms with Crippen molar-refractivity contribution in [2.24, 2.45) is 0 Å². The first-order valence-corrected chi connectivity index (χ1v) is 12.8. The summed E-state index contributed by atoms with van der Waals surface area (Å²) in [6.45, 7) is 3.68. The molecule has 1 aliphatic heterocycles. The highest BCUT2D eigenvalue weighted by atomic mass is 35.5. The van der Waals surface area contributed by atoms with Crippen LogP contribution in [0.3, 0.4) is 0 Å². The second-order valence-electron chi connectivity index (χ2n) is 8.72. The highest BCUT2D eigenvalue weighted by Gasteiger charge is 2.27. The standard InChI is InChI=1S/C27H28ClFN2O3S/c1-19-4-13-25(35-19)17-30(15-20-5-11-23(29)12-6-20)26(32)18-31(16-24-3-2-14-34-24)27(33)21-7-9-22(28)10-8-21/h4-13,24H,2-3,14-18H2,1H3/t24-/m0/s1. The molecule has 2 heterocycles. The van der Waals surface area contributed by atoms with Gasteiger partial charge in [-0.1, -0.05) is 23.7 Å². The average Bonchev–Trinajstić information content (AvgIpc) is 3.51. The molecule has 5 nitrogen and oxygen atoms in total. The molecule has 184 valence electrons. The number of hydrogen-bond donors (Lipinski definition) is 0. The number of thiophene rings is 1. The van der Waals surface area contributed by atoms with Crippen LogP contribution < -0.4 is 0 Å². The highest BCUT2D eigenvalue weighted by Crippen LogP contribution is 2.21. The second kappa shape index (κ2) is 11.8. The van der Waals surface area contributed by atoms with Crippen LogP contribution in [0.25, 0.3) is 0 Å². The van der Waals surface area contributed by atoms with E-state index in [0.717, 1.165) is 28.2 Å². The summed E-state index contributed by atoms with van der Waals surface area (Å²) in [7, 11) is 0. The van der Waals surface area contributed by atoms with Crippen molar-refractivity contribution in [2.75, 3.05) is 19.7 Å². The van der Waals surface area contributed by atoms with Crippen LogP contribution in [0.2, 0.25) is 5.02 Å². The molecule has 0 aliphatic carbocycles. The zero-order valence-corrected chi connectivity index (χ0v) is 21.2. The van der Waals surface area contributed by atoms with Gasteiger partial charge >= 0.3 is 0 Å². The van der Waals surface area contributed by atoms with Gasteiger partial charge in [0, 0.05) is 40.0 Å². The normalized spacial score (nSPS) is 15.2. The smallest absolute Gasteiger partial charge is 0.254 e. The van der Waals surface area contributed by atoms with Gasteiger partial charge in [0.05, 0.1) is 12.6 Å². The maximum atomic E-state index is 13.6. The lowest BCUT2D eigenvalue weighted by molar-refractivity contribution is -0.133. The monoisotopic (exact) mass is 514 g/mol. The van der Waals surface area contributed by atoms with Gasteiger partial charge in [0.25, 0.3) is 5.91 Å². The number of halogens is 2. The maximum absolute atomic E-state index is 13.6. The van der Waals surface area contributed by atoms with Crippen LogP contribution >= 0.6 is 22.9 Å². The Hall–Kier alpha value is -2.74. The van der Waals surface area contributed by atoms with Gasteiger partial charge in [-0.25, -0.2) is 4.39 Å². The van der Waals surface area contributed by atoms with Gasteiger partial charge in [0.1, 0.15) is 12.4 Å². The summed E-state index contributed by atoms with van der Waals surface area (Å²) in [5.41, 5.74) is 1.29.